The Morgan fingerprint density at radius 3 is 2.89 bits per heavy atom. The van der Waals surface area contributed by atoms with Gasteiger partial charge in [0.25, 0.3) is 0 Å². The van der Waals surface area contributed by atoms with Crippen LogP contribution >= 0.6 is 0 Å². The zero-order valence-electron chi connectivity index (χ0n) is 10.4. The molecule has 5 nitrogen and oxygen atoms in total. The summed E-state index contributed by atoms with van der Waals surface area (Å²) in [6, 6.07) is 10.9. The van der Waals surface area contributed by atoms with Crippen LogP contribution in [0.2, 0.25) is 0 Å². The van der Waals surface area contributed by atoms with Crippen molar-refractivity contribution in [1.82, 2.24) is 9.38 Å². The number of hydrogen-bond acceptors (Lipinski definition) is 4. The molecule has 0 aliphatic heterocycles. The van der Waals surface area contributed by atoms with Gasteiger partial charge in [-0.2, -0.15) is 0 Å². The summed E-state index contributed by atoms with van der Waals surface area (Å²) in [6.07, 6.45) is 3.57. The number of aromatic nitrogens is 2. The summed E-state index contributed by atoms with van der Waals surface area (Å²) in [6.45, 7) is 0. The minimum atomic E-state index is 0.595. The highest BCUT2D eigenvalue weighted by atomic mass is 16.5. The Kier molecular flexibility index (Phi) is 2.72. The minimum Gasteiger partial charge on any atom is -0.493 e. The second kappa shape index (κ2) is 4.53. The number of nitrogens with zero attached hydrogens (tertiary/aromatic N) is 2. The molecule has 2 N–H and O–H groups in total. The molecule has 3 rings (SSSR count). The molecule has 0 radical (unpaired) electrons. The number of hydrogen-bond donors (Lipinski definition) is 1. The summed E-state index contributed by atoms with van der Waals surface area (Å²) >= 11 is 0. The Balaban J connectivity index is 2.03. The zero-order chi connectivity index (χ0) is 13.2. The molecule has 0 amide bonds. The summed E-state index contributed by atoms with van der Waals surface area (Å²) in [5.74, 6) is 1.87. The molecule has 0 spiro atoms. The number of rotatable bonds is 3. The predicted molar refractivity (Wildman–Crippen MR) is 72.7 cm³/mol. The van der Waals surface area contributed by atoms with Gasteiger partial charge in [0, 0.05) is 24.1 Å². The first-order valence-corrected chi connectivity index (χ1v) is 5.81. The van der Waals surface area contributed by atoms with Crippen LogP contribution in [0.25, 0.3) is 5.65 Å². The molecular weight excluding hydrogens is 242 g/mol. The lowest BCUT2D eigenvalue weighted by molar-refractivity contribution is 0.373. The van der Waals surface area contributed by atoms with Crippen molar-refractivity contribution in [2.75, 3.05) is 12.8 Å². The molecule has 0 unspecified atom stereocenters. The highest BCUT2D eigenvalue weighted by Crippen LogP contribution is 2.33. The summed E-state index contributed by atoms with van der Waals surface area (Å²) < 4.78 is 13.0. The fraction of sp³-hybridized carbons (Fsp3) is 0.0714. The summed E-state index contributed by atoms with van der Waals surface area (Å²) in [5.41, 5.74) is 7.18. The molecule has 2 heterocycles. The summed E-state index contributed by atoms with van der Waals surface area (Å²) in [5, 5.41) is 0. The average molecular weight is 255 g/mol. The molecule has 0 bridgehead atoms. The number of methoxy groups -OCH3 is 1. The highest BCUT2D eigenvalue weighted by molar-refractivity contribution is 5.53. The molecule has 1 aromatic carbocycles. The Morgan fingerprint density at radius 2 is 2.05 bits per heavy atom. The lowest BCUT2D eigenvalue weighted by Crippen LogP contribution is -1.96. The van der Waals surface area contributed by atoms with E-state index in [1.165, 1.54) is 0 Å². The van der Waals surface area contributed by atoms with Crippen molar-refractivity contribution in [3.63, 3.8) is 0 Å². The third-order valence-corrected chi connectivity index (χ3v) is 2.79. The Labute approximate surface area is 110 Å². The number of nitrogens with two attached hydrogens (primary N) is 1. The first-order valence-electron chi connectivity index (χ1n) is 5.81. The summed E-state index contributed by atoms with van der Waals surface area (Å²) in [4.78, 5) is 4.21. The van der Waals surface area contributed by atoms with E-state index in [0.717, 1.165) is 5.65 Å². The number of pyridine rings is 1. The number of anilines is 1. The van der Waals surface area contributed by atoms with Crippen molar-refractivity contribution in [2.45, 2.75) is 0 Å². The Bertz CT molecular complexity index is 722. The van der Waals surface area contributed by atoms with Crippen molar-refractivity contribution in [3.8, 4) is 17.4 Å². The van der Waals surface area contributed by atoms with Crippen LogP contribution < -0.4 is 15.2 Å². The first-order chi connectivity index (χ1) is 9.28. The van der Waals surface area contributed by atoms with Crippen LogP contribution in [0.5, 0.6) is 17.4 Å². The topological polar surface area (TPSA) is 61.8 Å². The zero-order valence-corrected chi connectivity index (χ0v) is 10.4. The van der Waals surface area contributed by atoms with Gasteiger partial charge in [0.2, 0.25) is 5.88 Å². The third-order valence-electron chi connectivity index (χ3n) is 2.79. The van der Waals surface area contributed by atoms with E-state index in [1.807, 2.05) is 28.8 Å². The number of benzene rings is 1. The lowest BCUT2D eigenvalue weighted by atomic mass is 10.3. The van der Waals surface area contributed by atoms with Gasteiger partial charge in [-0.3, -0.25) is 4.40 Å². The molecule has 19 heavy (non-hydrogen) atoms. The maximum atomic E-state index is 5.87. The van der Waals surface area contributed by atoms with Gasteiger partial charge in [0.15, 0.2) is 11.5 Å². The van der Waals surface area contributed by atoms with Crippen molar-refractivity contribution >= 4 is 11.3 Å². The van der Waals surface area contributed by atoms with Gasteiger partial charge >= 0.3 is 0 Å². The van der Waals surface area contributed by atoms with Gasteiger partial charge in [-0.15, -0.1) is 0 Å². The maximum absolute atomic E-state index is 5.87. The van der Waals surface area contributed by atoms with Crippen LogP contribution in [0.15, 0.2) is 48.8 Å². The molecule has 5 heteroatoms. The number of fused-ring (bicyclic) bond motifs is 1. The van der Waals surface area contributed by atoms with E-state index in [4.69, 9.17) is 15.2 Å². The van der Waals surface area contributed by atoms with Crippen molar-refractivity contribution in [2.24, 2.45) is 0 Å². The van der Waals surface area contributed by atoms with E-state index < -0.39 is 0 Å². The fourth-order valence-corrected chi connectivity index (χ4v) is 1.89. The van der Waals surface area contributed by atoms with Crippen LogP contribution in [0, 0.1) is 0 Å². The molecule has 0 atom stereocenters. The standard InChI is InChI=1S/C14H13N3O2/c1-18-12-9-10(15)5-6-11(12)19-14-4-2-3-13-16-7-8-17(13)14/h2-9H,15H2,1H3. The fourth-order valence-electron chi connectivity index (χ4n) is 1.89. The smallest absolute Gasteiger partial charge is 0.205 e. The van der Waals surface area contributed by atoms with E-state index in [2.05, 4.69) is 4.98 Å². The second-order valence-corrected chi connectivity index (χ2v) is 4.03. The normalized spacial score (nSPS) is 10.6. The first kappa shape index (κ1) is 11.4. The van der Waals surface area contributed by atoms with Crippen molar-refractivity contribution in [3.05, 3.63) is 48.8 Å². The molecule has 0 aliphatic carbocycles. The second-order valence-electron chi connectivity index (χ2n) is 4.03. The van der Waals surface area contributed by atoms with Crippen LogP contribution in [0.1, 0.15) is 0 Å². The van der Waals surface area contributed by atoms with Gasteiger partial charge in [0.05, 0.1) is 7.11 Å². The molecular formula is C14H13N3O2. The molecule has 2 aromatic heterocycles. The monoisotopic (exact) mass is 255 g/mol. The number of nitrogen functional groups attached to an aromatic ring is 1. The predicted octanol–water partition coefficient (Wildman–Crippen LogP) is 2.72. The minimum absolute atomic E-state index is 0.595. The van der Waals surface area contributed by atoms with Crippen LogP contribution in [0.3, 0.4) is 0 Å². The average Bonchev–Trinajstić information content (AvgIpc) is 2.90. The summed E-state index contributed by atoms with van der Waals surface area (Å²) in [7, 11) is 1.58. The van der Waals surface area contributed by atoms with Gasteiger partial charge in [-0.05, 0) is 24.3 Å². The van der Waals surface area contributed by atoms with Crippen molar-refractivity contribution in [1.29, 1.82) is 0 Å². The van der Waals surface area contributed by atoms with Crippen LogP contribution in [-0.2, 0) is 0 Å². The molecule has 96 valence electrons. The molecule has 0 saturated heterocycles. The molecule has 0 aliphatic rings. The molecule has 0 saturated carbocycles. The van der Waals surface area contributed by atoms with Gasteiger partial charge in [-0.1, -0.05) is 6.07 Å². The van der Waals surface area contributed by atoms with Gasteiger partial charge < -0.3 is 15.2 Å². The molecule has 3 aromatic rings. The van der Waals surface area contributed by atoms with E-state index in [9.17, 15) is 0 Å². The van der Waals surface area contributed by atoms with E-state index in [0.29, 0.717) is 23.1 Å². The van der Waals surface area contributed by atoms with E-state index in [1.54, 1.807) is 31.5 Å². The van der Waals surface area contributed by atoms with E-state index >= 15 is 0 Å². The Hall–Kier alpha value is -2.69. The maximum Gasteiger partial charge on any atom is 0.205 e. The third kappa shape index (κ3) is 2.06. The highest BCUT2D eigenvalue weighted by Gasteiger charge is 2.08. The number of ether oxygens (including phenoxy) is 2. The largest absolute Gasteiger partial charge is 0.493 e. The molecule has 0 fully saturated rings. The van der Waals surface area contributed by atoms with Crippen LogP contribution in [0.4, 0.5) is 5.69 Å². The van der Waals surface area contributed by atoms with Crippen molar-refractivity contribution < 1.29 is 9.47 Å². The van der Waals surface area contributed by atoms with E-state index in [-0.39, 0.29) is 0 Å². The van der Waals surface area contributed by atoms with Gasteiger partial charge in [0.1, 0.15) is 5.65 Å². The lowest BCUT2D eigenvalue weighted by Gasteiger charge is -2.11. The SMILES string of the molecule is COc1cc(N)ccc1Oc1cccc2nccn12. The Morgan fingerprint density at radius 1 is 1.16 bits per heavy atom. The van der Waals surface area contributed by atoms with Crippen LogP contribution in [-0.4, -0.2) is 16.5 Å². The quantitative estimate of drug-likeness (QED) is 0.731. The van der Waals surface area contributed by atoms with Gasteiger partial charge in [-0.25, -0.2) is 4.98 Å². The number of imidazole rings is 1.